The van der Waals surface area contributed by atoms with Crippen LogP contribution in [-0.4, -0.2) is 31.2 Å². The average Bonchev–Trinajstić information content (AvgIpc) is 2.40. The quantitative estimate of drug-likeness (QED) is 0.200. The van der Waals surface area contributed by atoms with E-state index in [1.807, 2.05) is 18.4 Å². The molecular formula is C16H18Cl2I2N2. The van der Waals surface area contributed by atoms with E-state index in [1.165, 1.54) is 7.16 Å². The van der Waals surface area contributed by atoms with Gasteiger partial charge in [-0.3, -0.25) is 4.99 Å². The molecule has 0 saturated heterocycles. The van der Waals surface area contributed by atoms with E-state index in [0.29, 0.717) is 11.0 Å². The SMILES string of the molecule is ClC1=CC(Cl)CC(C=NCCNCC2C=C(I)C=C(I)C2)=C1. The molecule has 120 valence electrons. The highest BCUT2D eigenvalue weighted by Crippen LogP contribution is 2.29. The van der Waals surface area contributed by atoms with Crippen LogP contribution >= 0.6 is 68.4 Å². The molecule has 0 heterocycles. The summed E-state index contributed by atoms with van der Waals surface area (Å²) in [6, 6.07) is 0. The second-order valence-electron chi connectivity index (χ2n) is 5.34. The summed E-state index contributed by atoms with van der Waals surface area (Å²) in [4.78, 5) is 4.45. The fraction of sp³-hybridized carbons (Fsp3) is 0.438. The smallest absolute Gasteiger partial charge is 0.0574 e. The Kier molecular flexibility index (Phi) is 8.46. The number of aliphatic imine (C=N–C) groups is 1. The molecule has 1 N–H and O–H groups in total. The van der Waals surface area contributed by atoms with Gasteiger partial charge in [-0.2, -0.15) is 0 Å². The molecule has 0 radical (unpaired) electrons. The second kappa shape index (κ2) is 9.81. The normalized spacial score (nSPS) is 25.6. The molecule has 6 heteroatoms. The Hall–Kier alpha value is 0.630. The molecule has 0 saturated carbocycles. The standard InChI is InChI=1S/C16H18Cl2I2N2/c17-13-3-11(4-14(18)7-13)9-21-1-2-22-10-12-5-15(19)8-16(20)6-12/h3,5,7-9,12,14,22H,1-2,4,6,10H2. The van der Waals surface area contributed by atoms with Gasteiger partial charge in [0.25, 0.3) is 0 Å². The van der Waals surface area contributed by atoms with E-state index in [2.05, 4.69) is 67.6 Å². The van der Waals surface area contributed by atoms with Gasteiger partial charge < -0.3 is 5.32 Å². The van der Waals surface area contributed by atoms with Gasteiger partial charge in [-0.25, -0.2) is 0 Å². The predicted molar refractivity (Wildman–Crippen MR) is 115 cm³/mol. The Morgan fingerprint density at radius 3 is 2.82 bits per heavy atom. The van der Waals surface area contributed by atoms with Crippen molar-refractivity contribution in [2.45, 2.75) is 18.2 Å². The van der Waals surface area contributed by atoms with E-state index >= 15 is 0 Å². The maximum Gasteiger partial charge on any atom is 0.0574 e. The van der Waals surface area contributed by atoms with Gasteiger partial charge in [-0.15, -0.1) is 11.6 Å². The van der Waals surface area contributed by atoms with Gasteiger partial charge in [0, 0.05) is 27.9 Å². The maximum absolute atomic E-state index is 6.09. The Bertz CT molecular complexity index is 550. The largest absolute Gasteiger partial charge is 0.314 e. The molecule has 0 aliphatic heterocycles. The summed E-state index contributed by atoms with van der Waals surface area (Å²) < 4.78 is 2.77. The van der Waals surface area contributed by atoms with E-state index in [4.69, 9.17) is 23.2 Å². The molecule has 0 aromatic carbocycles. The fourth-order valence-corrected chi connectivity index (χ4v) is 5.42. The van der Waals surface area contributed by atoms with Crippen molar-refractivity contribution in [1.29, 1.82) is 0 Å². The van der Waals surface area contributed by atoms with Crippen LogP contribution in [0.15, 0.2) is 47.1 Å². The predicted octanol–water partition coefficient (Wildman–Crippen LogP) is 5.36. The number of nitrogens with zero attached hydrogens (tertiary/aromatic N) is 1. The van der Waals surface area contributed by atoms with Crippen LogP contribution in [0, 0.1) is 5.92 Å². The van der Waals surface area contributed by atoms with E-state index in [0.717, 1.165) is 38.0 Å². The van der Waals surface area contributed by atoms with E-state index in [1.54, 1.807) is 0 Å². The zero-order valence-electron chi connectivity index (χ0n) is 12.0. The topological polar surface area (TPSA) is 24.4 Å². The lowest BCUT2D eigenvalue weighted by atomic mass is 10.0. The van der Waals surface area contributed by atoms with Gasteiger partial charge in [0.1, 0.15) is 0 Å². The first kappa shape index (κ1) is 19.0. The monoisotopic (exact) mass is 562 g/mol. The molecule has 0 aromatic rings. The molecule has 0 amide bonds. The van der Waals surface area contributed by atoms with Crippen LogP contribution in [0.4, 0.5) is 0 Å². The maximum atomic E-state index is 6.09. The third-order valence-electron chi connectivity index (χ3n) is 3.32. The molecule has 0 spiro atoms. The van der Waals surface area contributed by atoms with Crippen molar-refractivity contribution >= 4 is 74.6 Å². The Labute approximate surface area is 169 Å². The first-order valence-electron chi connectivity index (χ1n) is 7.19. The molecule has 2 aliphatic carbocycles. The number of hydrogen-bond donors (Lipinski definition) is 1. The molecular weight excluding hydrogens is 545 g/mol. The highest BCUT2D eigenvalue weighted by Gasteiger charge is 2.12. The number of halogens is 4. The Balaban J connectivity index is 1.65. The number of allylic oxidation sites excluding steroid dienone is 7. The minimum Gasteiger partial charge on any atom is -0.314 e. The average molecular weight is 563 g/mol. The number of alkyl halides is 1. The van der Waals surface area contributed by atoms with E-state index in [-0.39, 0.29) is 5.38 Å². The van der Waals surface area contributed by atoms with Crippen molar-refractivity contribution in [3.8, 4) is 0 Å². The van der Waals surface area contributed by atoms with E-state index < -0.39 is 0 Å². The van der Waals surface area contributed by atoms with Crippen molar-refractivity contribution in [1.82, 2.24) is 5.32 Å². The Morgan fingerprint density at radius 1 is 1.27 bits per heavy atom. The highest BCUT2D eigenvalue weighted by atomic mass is 127. The lowest BCUT2D eigenvalue weighted by Gasteiger charge is -2.17. The molecule has 22 heavy (non-hydrogen) atoms. The fourth-order valence-electron chi connectivity index (χ4n) is 2.37. The summed E-state index contributed by atoms with van der Waals surface area (Å²) in [6.45, 7) is 2.66. The van der Waals surface area contributed by atoms with Crippen molar-refractivity contribution in [2.24, 2.45) is 10.9 Å². The molecule has 2 atom stereocenters. The zero-order valence-corrected chi connectivity index (χ0v) is 17.9. The minimum atomic E-state index is -0.0202. The van der Waals surface area contributed by atoms with Gasteiger partial charge in [0.2, 0.25) is 0 Å². The van der Waals surface area contributed by atoms with E-state index in [9.17, 15) is 0 Å². The molecule has 2 nitrogen and oxygen atoms in total. The van der Waals surface area contributed by atoms with Crippen molar-refractivity contribution in [3.63, 3.8) is 0 Å². The van der Waals surface area contributed by atoms with Gasteiger partial charge >= 0.3 is 0 Å². The molecule has 2 aliphatic rings. The summed E-state index contributed by atoms with van der Waals surface area (Å²) >= 11 is 16.9. The van der Waals surface area contributed by atoms with Crippen molar-refractivity contribution < 1.29 is 0 Å². The van der Waals surface area contributed by atoms with Crippen LogP contribution in [0.3, 0.4) is 0 Å². The summed E-state index contributed by atoms with van der Waals surface area (Å²) in [5, 5.41) is 4.16. The third kappa shape index (κ3) is 7.03. The number of rotatable bonds is 6. The Morgan fingerprint density at radius 2 is 2.09 bits per heavy atom. The van der Waals surface area contributed by atoms with Crippen LogP contribution in [0.5, 0.6) is 0 Å². The van der Waals surface area contributed by atoms with Gasteiger partial charge in [0.15, 0.2) is 0 Å². The van der Waals surface area contributed by atoms with Crippen LogP contribution in [0.1, 0.15) is 12.8 Å². The lowest BCUT2D eigenvalue weighted by molar-refractivity contribution is 0.563. The van der Waals surface area contributed by atoms with Crippen molar-refractivity contribution in [3.05, 3.63) is 42.1 Å². The van der Waals surface area contributed by atoms with Crippen LogP contribution < -0.4 is 5.32 Å². The molecule has 0 bridgehead atoms. The molecule has 2 rings (SSSR count). The minimum absolute atomic E-state index is 0.0202. The summed E-state index contributed by atoms with van der Waals surface area (Å²) in [7, 11) is 0. The first-order valence-corrected chi connectivity index (χ1v) is 10.2. The number of nitrogens with one attached hydrogen (secondary N) is 1. The van der Waals surface area contributed by atoms with Gasteiger partial charge in [-0.05, 0) is 91.3 Å². The molecule has 2 unspecified atom stereocenters. The third-order valence-corrected chi connectivity index (χ3v) is 5.26. The zero-order chi connectivity index (χ0) is 15.9. The summed E-state index contributed by atoms with van der Waals surface area (Å²) in [6.07, 6.45) is 12.2. The van der Waals surface area contributed by atoms with Crippen LogP contribution in [0.25, 0.3) is 0 Å². The lowest BCUT2D eigenvalue weighted by Crippen LogP contribution is -2.25. The second-order valence-corrected chi connectivity index (χ2v) is 8.97. The van der Waals surface area contributed by atoms with Crippen LogP contribution in [-0.2, 0) is 0 Å². The number of hydrogen-bond acceptors (Lipinski definition) is 2. The van der Waals surface area contributed by atoms with Gasteiger partial charge in [-0.1, -0.05) is 17.7 Å². The van der Waals surface area contributed by atoms with Gasteiger partial charge in [0.05, 0.1) is 11.9 Å². The highest BCUT2D eigenvalue weighted by molar-refractivity contribution is 14.1. The summed E-state index contributed by atoms with van der Waals surface area (Å²) in [5.74, 6) is 0.592. The first-order chi connectivity index (χ1) is 10.5. The summed E-state index contributed by atoms with van der Waals surface area (Å²) in [5.41, 5.74) is 1.09. The van der Waals surface area contributed by atoms with Crippen molar-refractivity contribution in [2.75, 3.05) is 19.6 Å². The molecule has 0 fully saturated rings. The molecule has 0 aromatic heterocycles. The van der Waals surface area contributed by atoms with Crippen LogP contribution in [0.2, 0.25) is 0 Å².